The van der Waals surface area contributed by atoms with E-state index in [1.54, 1.807) is 19.2 Å². The van der Waals surface area contributed by atoms with Gasteiger partial charge in [-0.15, -0.1) is 0 Å². The molecule has 6 nitrogen and oxygen atoms in total. The van der Waals surface area contributed by atoms with Crippen LogP contribution in [0.3, 0.4) is 0 Å². The molecule has 1 N–H and O–H groups in total. The quantitative estimate of drug-likeness (QED) is 0.459. The van der Waals surface area contributed by atoms with Crippen molar-refractivity contribution >= 4 is 11.9 Å². The fourth-order valence-corrected chi connectivity index (χ4v) is 8.57. The van der Waals surface area contributed by atoms with Gasteiger partial charge < -0.3 is 19.3 Å². The third-order valence-electron chi connectivity index (χ3n) is 10.1. The molecule has 0 aromatic heterocycles. The van der Waals surface area contributed by atoms with Gasteiger partial charge in [0.05, 0.1) is 11.2 Å². The van der Waals surface area contributed by atoms with Gasteiger partial charge in [-0.3, -0.25) is 4.79 Å². The predicted octanol–water partition coefficient (Wildman–Crippen LogP) is 4.95. The lowest BCUT2D eigenvalue weighted by atomic mass is 9.58. The minimum absolute atomic E-state index is 0.0396. The lowest BCUT2D eigenvalue weighted by molar-refractivity contribution is -0.190. The molecular formula is C30H40O6. The van der Waals surface area contributed by atoms with E-state index in [4.69, 9.17) is 14.2 Å². The minimum Gasteiger partial charge on any atom is -0.459 e. The second kappa shape index (κ2) is 8.70. The highest BCUT2D eigenvalue weighted by molar-refractivity contribution is 5.89. The van der Waals surface area contributed by atoms with E-state index in [-0.39, 0.29) is 46.6 Å². The average molecular weight is 497 g/mol. The highest BCUT2D eigenvalue weighted by Crippen LogP contribution is 2.70. The van der Waals surface area contributed by atoms with Crippen molar-refractivity contribution in [2.75, 3.05) is 7.11 Å². The number of rotatable bonds is 5. The zero-order valence-corrected chi connectivity index (χ0v) is 22.3. The van der Waals surface area contributed by atoms with E-state index in [2.05, 4.69) is 33.8 Å². The molecule has 196 valence electrons. The summed E-state index contributed by atoms with van der Waals surface area (Å²) >= 11 is 0. The maximum absolute atomic E-state index is 13.3. The molecule has 9 atom stereocenters. The summed E-state index contributed by atoms with van der Waals surface area (Å²) in [6.45, 7) is 9.99. The zero-order chi connectivity index (χ0) is 26.0. The number of carbonyl (C=O) groups is 2. The van der Waals surface area contributed by atoms with Crippen LogP contribution in [0.15, 0.2) is 42.0 Å². The molecule has 4 aliphatic rings. The summed E-state index contributed by atoms with van der Waals surface area (Å²) in [5.41, 5.74) is -0.166. The molecule has 3 fully saturated rings. The monoisotopic (exact) mass is 496 g/mol. The maximum atomic E-state index is 13.3. The number of ether oxygens (including phenoxy) is 3. The highest BCUT2D eigenvalue weighted by atomic mass is 16.6. The summed E-state index contributed by atoms with van der Waals surface area (Å²) in [5.74, 6) is -0.519. The van der Waals surface area contributed by atoms with Gasteiger partial charge >= 0.3 is 11.9 Å². The van der Waals surface area contributed by atoms with Crippen LogP contribution < -0.4 is 0 Å². The van der Waals surface area contributed by atoms with Gasteiger partial charge in [-0.2, -0.15) is 0 Å². The van der Waals surface area contributed by atoms with Crippen LogP contribution in [-0.4, -0.2) is 47.6 Å². The van der Waals surface area contributed by atoms with Gasteiger partial charge in [-0.1, -0.05) is 36.8 Å². The molecule has 0 aliphatic heterocycles. The maximum Gasteiger partial charge on any atom is 0.338 e. The Morgan fingerprint density at radius 2 is 1.78 bits per heavy atom. The number of hydrogen-bond donors (Lipinski definition) is 1. The first-order valence-corrected chi connectivity index (χ1v) is 13.3. The number of aliphatic hydroxyl groups is 1. The number of esters is 2. The molecular weight excluding hydrogens is 456 g/mol. The second-order valence-corrected chi connectivity index (χ2v) is 12.4. The van der Waals surface area contributed by atoms with E-state index in [0.29, 0.717) is 18.4 Å². The first-order valence-electron chi connectivity index (χ1n) is 13.3. The smallest absolute Gasteiger partial charge is 0.338 e. The number of fused-ring (bicyclic) bond motifs is 1. The Hall–Kier alpha value is -2.18. The molecule has 3 saturated carbocycles. The fraction of sp³-hybridized carbons (Fsp3) is 0.667. The average Bonchev–Trinajstić information content (AvgIpc) is 3.11. The number of hydrogen-bond acceptors (Lipinski definition) is 6. The number of methoxy groups -OCH3 is 1. The molecule has 0 heterocycles. The lowest BCUT2D eigenvalue weighted by Gasteiger charge is -2.51. The van der Waals surface area contributed by atoms with Crippen molar-refractivity contribution in [3.63, 3.8) is 0 Å². The van der Waals surface area contributed by atoms with Crippen LogP contribution in [-0.2, 0) is 19.0 Å². The normalized spacial score (nSPS) is 41.2. The van der Waals surface area contributed by atoms with Crippen molar-refractivity contribution in [3.05, 3.63) is 47.5 Å². The Morgan fingerprint density at radius 3 is 2.42 bits per heavy atom. The first kappa shape index (κ1) is 25.5. The van der Waals surface area contributed by atoms with Gasteiger partial charge in [0.15, 0.2) is 0 Å². The Kier molecular flexibility index (Phi) is 6.15. The lowest BCUT2D eigenvalue weighted by Crippen LogP contribution is -2.57. The number of allylic oxidation sites excluding steroid dienone is 2. The van der Waals surface area contributed by atoms with Crippen molar-refractivity contribution in [1.29, 1.82) is 0 Å². The standard InChI is InChI=1S/C30H40O6/c1-17-14-29-15-18(2)25(36-27(32)20-10-8-7-9-11-20)24(29)26(35-19(3)31)30(33)13-12-22(28(4,5)34-6)23(29)21(17)16-30/h7-11,14,18,21-26,33H,12-13,15-16H2,1-6H3/t18-,21-,22-,23+,24+,25-,26+,29+,30+/m0/s1. The molecule has 4 bridgehead atoms. The number of benzene rings is 1. The van der Waals surface area contributed by atoms with Gasteiger partial charge in [-0.25, -0.2) is 4.79 Å². The van der Waals surface area contributed by atoms with Crippen molar-refractivity contribution in [3.8, 4) is 0 Å². The Morgan fingerprint density at radius 1 is 1.08 bits per heavy atom. The SMILES string of the molecule is COC(C)(C)[C@H]1CC[C@@]2(O)C[C@H]3C(C)=C[C@@]4(C[C@H](C)[C@H](OC(=O)c5ccccc5)[C@@H]4[C@H]2OC(C)=O)[C@H]31. The molecule has 0 amide bonds. The van der Waals surface area contributed by atoms with Crippen LogP contribution in [0.4, 0.5) is 0 Å². The van der Waals surface area contributed by atoms with E-state index in [0.717, 1.165) is 12.8 Å². The van der Waals surface area contributed by atoms with E-state index < -0.39 is 23.8 Å². The Labute approximate surface area is 214 Å². The summed E-state index contributed by atoms with van der Waals surface area (Å²) in [6, 6.07) is 9.02. The minimum atomic E-state index is -1.20. The third-order valence-corrected chi connectivity index (χ3v) is 10.1. The van der Waals surface area contributed by atoms with Crippen molar-refractivity contribution in [1.82, 2.24) is 0 Å². The predicted molar refractivity (Wildman–Crippen MR) is 135 cm³/mol. The molecule has 1 aromatic rings. The van der Waals surface area contributed by atoms with E-state index in [1.807, 2.05) is 18.2 Å². The van der Waals surface area contributed by atoms with Crippen LogP contribution in [0.25, 0.3) is 0 Å². The first-order chi connectivity index (χ1) is 16.9. The van der Waals surface area contributed by atoms with E-state index in [9.17, 15) is 14.7 Å². The zero-order valence-electron chi connectivity index (χ0n) is 22.3. The summed E-state index contributed by atoms with van der Waals surface area (Å²) in [7, 11) is 1.76. The molecule has 4 aliphatic carbocycles. The molecule has 0 unspecified atom stereocenters. The molecule has 6 heteroatoms. The molecule has 0 saturated heterocycles. The summed E-state index contributed by atoms with van der Waals surface area (Å²) < 4.78 is 18.4. The summed E-state index contributed by atoms with van der Waals surface area (Å²) in [5, 5.41) is 12.3. The van der Waals surface area contributed by atoms with Gasteiger partial charge in [0.2, 0.25) is 0 Å². The molecule has 1 aromatic carbocycles. The summed E-state index contributed by atoms with van der Waals surface area (Å²) in [6.07, 6.45) is 3.82. The largest absolute Gasteiger partial charge is 0.459 e. The summed E-state index contributed by atoms with van der Waals surface area (Å²) in [4.78, 5) is 25.7. The topological polar surface area (TPSA) is 82.1 Å². The van der Waals surface area contributed by atoms with Gasteiger partial charge in [-0.05, 0) is 82.3 Å². The van der Waals surface area contributed by atoms with Crippen molar-refractivity contribution < 1.29 is 28.9 Å². The molecule has 36 heavy (non-hydrogen) atoms. The molecule has 5 rings (SSSR count). The molecule has 0 radical (unpaired) electrons. The van der Waals surface area contributed by atoms with Crippen LogP contribution in [0, 0.1) is 35.0 Å². The molecule has 1 spiro atoms. The van der Waals surface area contributed by atoms with Gasteiger partial charge in [0.1, 0.15) is 17.8 Å². The Balaban J connectivity index is 1.66. The van der Waals surface area contributed by atoms with Gasteiger partial charge in [0, 0.05) is 25.4 Å². The van der Waals surface area contributed by atoms with Crippen molar-refractivity contribution in [2.45, 2.75) is 83.7 Å². The van der Waals surface area contributed by atoms with Crippen LogP contribution in [0.2, 0.25) is 0 Å². The Bertz CT molecular complexity index is 1060. The van der Waals surface area contributed by atoms with E-state index >= 15 is 0 Å². The van der Waals surface area contributed by atoms with E-state index in [1.165, 1.54) is 12.5 Å². The van der Waals surface area contributed by atoms with Gasteiger partial charge in [0.25, 0.3) is 0 Å². The highest BCUT2D eigenvalue weighted by Gasteiger charge is 2.72. The number of carbonyl (C=O) groups excluding carboxylic acids is 2. The third kappa shape index (κ3) is 3.75. The van der Waals surface area contributed by atoms with Crippen LogP contribution in [0.5, 0.6) is 0 Å². The van der Waals surface area contributed by atoms with Crippen LogP contribution in [0.1, 0.15) is 70.7 Å². The second-order valence-electron chi connectivity index (χ2n) is 12.4. The van der Waals surface area contributed by atoms with Crippen molar-refractivity contribution in [2.24, 2.45) is 35.0 Å². The van der Waals surface area contributed by atoms with Crippen LogP contribution >= 0.6 is 0 Å². The fourth-order valence-electron chi connectivity index (χ4n) is 8.57.